The predicted molar refractivity (Wildman–Crippen MR) is 69.6 cm³/mol. The van der Waals surface area contributed by atoms with E-state index in [1.807, 2.05) is 13.8 Å². The van der Waals surface area contributed by atoms with E-state index in [1.54, 1.807) is 6.07 Å². The molecule has 1 fully saturated rings. The number of carbonyl (C=O) groups excluding carboxylic acids is 1. The summed E-state index contributed by atoms with van der Waals surface area (Å²) in [6.45, 7) is 5.22. The Balaban J connectivity index is 2.24. The van der Waals surface area contributed by atoms with Crippen molar-refractivity contribution in [2.75, 3.05) is 13.2 Å². The molecule has 1 aliphatic heterocycles. The molecule has 0 saturated carbocycles. The molecule has 2 rings (SSSR count). The zero-order valence-corrected chi connectivity index (χ0v) is 11.0. The van der Waals surface area contributed by atoms with E-state index in [4.69, 9.17) is 20.9 Å². The summed E-state index contributed by atoms with van der Waals surface area (Å²) in [6.07, 6.45) is 0.553. The van der Waals surface area contributed by atoms with Gasteiger partial charge < -0.3 is 14.4 Å². The Morgan fingerprint density at radius 2 is 2.00 bits per heavy atom. The number of hydrogen-bond donors (Lipinski definition) is 1. The van der Waals surface area contributed by atoms with Gasteiger partial charge in [0.25, 0.3) is 0 Å². The second-order valence-electron chi connectivity index (χ2n) is 5.18. The number of rotatable bonds is 2. The van der Waals surface area contributed by atoms with Crippen LogP contribution in [0.25, 0.3) is 0 Å². The van der Waals surface area contributed by atoms with E-state index < -0.39 is 7.12 Å². The van der Waals surface area contributed by atoms with Crippen LogP contribution in [0.15, 0.2) is 12.1 Å². The monoisotopic (exact) mass is 268 g/mol. The van der Waals surface area contributed by atoms with Crippen LogP contribution in [0.5, 0.6) is 5.75 Å². The zero-order valence-electron chi connectivity index (χ0n) is 10.3. The number of hydrogen-bond acceptors (Lipinski definition) is 4. The van der Waals surface area contributed by atoms with Gasteiger partial charge in [-0.05, 0) is 17.6 Å². The molecule has 0 radical (unpaired) electrons. The first-order valence-corrected chi connectivity index (χ1v) is 6.01. The van der Waals surface area contributed by atoms with Crippen molar-refractivity contribution in [1.29, 1.82) is 0 Å². The quantitative estimate of drug-likeness (QED) is 0.654. The second kappa shape index (κ2) is 4.92. The van der Waals surface area contributed by atoms with Gasteiger partial charge >= 0.3 is 7.12 Å². The summed E-state index contributed by atoms with van der Waals surface area (Å²) in [4.78, 5) is 10.8. The van der Waals surface area contributed by atoms with E-state index >= 15 is 0 Å². The van der Waals surface area contributed by atoms with Crippen LogP contribution in [-0.2, 0) is 9.31 Å². The van der Waals surface area contributed by atoms with Crippen molar-refractivity contribution < 1.29 is 19.2 Å². The largest absolute Gasteiger partial charge is 0.506 e. The minimum Gasteiger partial charge on any atom is -0.506 e. The molecule has 0 bridgehead atoms. The molecule has 1 N–H and O–H groups in total. The summed E-state index contributed by atoms with van der Waals surface area (Å²) in [5.41, 5.74) is 0.745. The first-order valence-electron chi connectivity index (χ1n) is 5.64. The van der Waals surface area contributed by atoms with E-state index in [9.17, 15) is 9.90 Å². The molecule has 1 aromatic carbocycles. The molecule has 0 spiro atoms. The normalized spacial score (nSPS) is 18.7. The van der Waals surface area contributed by atoms with Gasteiger partial charge in [-0.15, -0.1) is 0 Å². The summed E-state index contributed by atoms with van der Waals surface area (Å²) >= 11 is 5.85. The molecule has 18 heavy (non-hydrogen) atoms. The molecular weight excluding hydrogens is 254 g/mol. The summed E-state index contributed by atoms with van der Waals surface area (Å²) in [6, 6.07) is 3.07. The predicted octanol–water partition coefficient (Wildman–Crippen LogP) is 1.63. The smallest absolute Gasteiger partial charge is 0.493 e. The molecule has 0 atom stereocenters. The number of phenolic OH excluding ortho intramolecular Hbond substituents is 1. The minimum absolute atomic E-state index is 0.0231. The van der Waals surface area contributed by atoms with Crippen molar-refractivity contribution in [2.45, 2.75) is 13.8 Å². The number of carbonyl (C=O) groups is 1. The summed E-state index contributed by atoms with van der Waals surface area (Å²) < 4.78 is 11.2. The first kappa shape index (κ1) is 13.4. The highest BCUT2D eigenvalue weighted by Crippen LogP contribution is 2.26. The lowest BCUT2D eigenvalue weighted by molar-refractivity contribution is 0.0343. The number of halogens is 1. The van der Waals surface area contributed by atoms with Gasteiger partial charge in [0, 0.05) is 18.6 Å². The van der Waals surface area contributed by atoms with Crippen molar-refractivity contribution >= 4 is 30.5 Å². The highest BCUT2D eigenvalue weighted by atomic mass is 35.5. The average molecular weight is 269 g/mol. The fourth-order valence-corrected chi connectivity index (χ4v) is 1.99. The molecule has 0 aliphatic carbocycles. The Bertz CT molecular complexity index is 465. The zero-order chi connectivity index (χ0) is 13.3. The topological polar surface area (TPSA) is 55.8 Å². The fraction of sp³-hybridized carbons (Fsp3) is 0.417. The van der Waals surface area contributed by atoms with E-state index in [1.165, 1.54) is 6.07 Å². The Kier molecular flexibility index (Phi) is 3.66. The number of aldehydes is 1. The second-order valence-corrected chi connectivity index (χ2v) is 5.58. The Morgan fingerprint density at radius 1 is 1.39 bits per heavy atom. The molecule has 1 heterocycles. The maximum Gasteiger partial charge on any atom is 0.493 e. The van der Waals surface area contributed by atoms with Crippen LogP contribution in [0.4, 0.5) is 0 Å². The van der Waals surface area contributed by atoms with E-state index in [2.05, 4.69) is 0 Å². The molecule has 0 unspecified atom stereocenters. The molecule has 0 aromatic heterocycles. The summed E-state index contributed by atoms with van der Waals surface area (Å²) in [5.74, 6) is -0.216. The third kappa shape index (κ3) is 2.69. The fourth-order valence-electron chi connectivity index (χ4n) is 1.75. The van der Waals surface area contributed by atoms with Gasteiger partial charge in [0.05, 0.1) is 10.6 Å². The number of aromatic hydroxyl groups is 1. The van der Waals surface area contributed by atoms with Gasteiger partial charge in [-0.3, -0.25) is 4.79 Å². The van der Waals surface area contributed by atoms with Gasteiger partial charge in [0.15, 0.2) is 6.29 Å². The lowest BCUT2D eigenvalue weighted by Crippen LogP contribution is -2.47. The van der Waals surface area contributed by atoms with Crippen LogP contribution in [0.2, 0.25) is 5.02 Å². The van der Waals surface area contributed by atoms with Crippen LogP contribution in [-0.4, -0.2) is 31.7 Å². The van der Waals surface area contributed by atoms with Gasteiger partial charge in [-0.2, -0.15) is 0 Å². The van der Waals surface area contributed by atoms with Crippen LogP contribution >= 0.6 is 11.6 Å². The molecule has 0 amide bonds. The van der Waals surface area contributed by atoms with Gasteiger partial charge in [0.1, 0.15) is 5.75 Å². The van der Waals surface area contributed by atoms with Crippen molar-refractivity contribution in [1.82, 2.24) is 0 Å². The van der Waals surface area contributed by atoms with Crippen LogP contribution in [0.3, 0.4) is 0 Å². The van der Waals surface area contributed by atoms with Gasteiger partial charge in [-0.1, -0.05) is 25.4 Å². The van der Waals surface area contributed by atoms with Crippen LogP contribution < -0.4 is 5.46 Å². The van der Waals surface area contributed by atoms with E-state index in [0.29, 0.717) is 25.0 Å². The molecule has 96 valence electrons. The van der Waals surface area contributed by atoms with E-state index in [-0.39, 0.29) is 21.8 Å². The lowest BCUT2D eigenvalue weighted by atomic mass is 9.75. The highest BCUT2D eigenvalue weighted by molar-refractivity contribution is 6.62. The van der Waals surface area contributed by atoms with Crippen molar-refractivity contribution in [2.24, 2.45) is 5.41 Å². The third-order valence-electron chi connectivity index (χ3n) is 2.77. The number of phenols is 1. The highest BCUT2D eigenvalue weighted by Gasteiger charge is 2.34. The lowest BCUT2D eigenvalue weighted by Gasteiger charge is -2.33. The average Bonchev–Trinajstić information content (AvgIpc) is 2.32. The molecule has 4 nitrogen and oxygen atoms in total. The molecule has 6 heteroatoms. The van der Waals surface area contributed by atoms with Crippen molar-refractivity contribution in [3.05, 3.63) is 22.7 Å². The van der Waals surface area contributed by atoms with E-state index in [0.717, 1.165) is 0 Å². The third-order valence-corrected chi connectivity index (χ3v) is 3.05. The Labute approximate surface area is 111 Å². The van der Waals surface area contributed by atoms with Gasteiger partial charge in [0.2, 0.25) is 0 Å². The van der Waals surface area contributed by atoms with Gasteiger partial charge in [-0.25, -0.2) is 0 Å². The Morgan fingerprint density at radius 3 is 2.56 bits per heavy atom. The van der Waals surface area contributed by atoms with Crippen LogP contribution in [0, 0.1) is 5.41 Å². The number of benzene rings is 1. The maximum absolute atomic E-state index is 10.8. The van der Waals surface area contributed by atoms with Crippen molar-refractivity contribution in [3.63, 3.8) is 0 Å². The Hall–Kier alpha value is -1.04. The minimum atomic E-state index is -0.546. The SMILES string of the molecule is CC1(C)COB(c2cc(Cl)c(O)c(C=O)c2)OC1. The summed E-state index contributed by atoms with van der Waals surface area (Å²) in [7, 11) is -0.546. The molecule has 1 saturated heterocycles. The molecule has 1 aliphatic rings. The first-order chi connectivity index (χ1) is 8.43. The molecular formula is C12H14BClO4. The van der Waals surface area contributed by atoms with Crippen molar-refractivity contribution in [3.8, 4) is 5.75 Å². The standard InChI is InChI=1S/C12H14BClO4/c1-12(2)6-17-13(18-7-12)9-3-8(5-15)11(16)10(14)4-9/h3-5,16H,6-7H2,1-2H3. The molecule has 1 aromatic rings. The maximum atomic E-state index is 10.8. The summed E-state index contributed by atoms with van der Waals surface area (Å²) in [5, 5.41) is 9.68. The van der Waals surface area contributed by atoms with Crippen LogP contribution in [0.1, 0.15) is 24.2 Å².